The van der Waals surface area contributed by atoms with Gasteiger partial charge in [0.1, 0.15) is 5.82 Å². The van der Waals surface area contributed by atoms with Crippen LogP contribution in [0.1, 0.15) is 12.0 Å². The van der Waals surface area contributed by atoms with Gasteiger partial charge in [-0.05, 0) is 17.7 Å². The maximum atomic E-state index is 12.0. The molecule has 9 heteroatoms. The first-order chi connectivity index (χ1) is 11.0. The van der Waals surface area contributed by atoms with E-state index in [4.69, 9.17) is 33.7 Å². The van der Waals surface area contributed by atoms with Gasteiger partial charge in [0.15, 0.2) is 0 Å². The zero-order valence-corrected chi connectivity index (χ0v) is 15.4. The van der Waals surface area contributed by atoms with Gasteiger partial charge in [0.25, 0.3) is 0 Å². The zero-order chi connectivity index (χ0) is 16.8. The van der Waals surface area contributed by atoms with Crippen LogP contribution in [0.3, 0.4) is 0 Å². The lowest BCUT2D eigenvalue weighted by atomic mass is 10.2. The molecule has 1 heterocycles. The van der Waals surface area contributed by atoms with Crippen molar-refractivity contribution in [1.29, 1.82) is 0 Å². The monoisotopic (exact) mass is 392 g/mol. The average Bonchev–Trinajstić information content (AvgIpc) is 2.94. The maximum Gasteiger partial charge on any atom is 0.228 e. The van der Waals surface area contributed by atoms with Gasteiger partial charge in [-0.1, -0.05) is 29.3 Å². The van der Waals surface area contributed by atoms with Crippen LogP contribution in [-0.2, 0) is 16.1 Å². The molecule has 1 atom stereocenters. The summed E-state index contributed by atoms with van der Waals surface area (Å²) in [5, 5.41) is 8.12. The first-order valence-corrected chi connectivity index (χ1v) is 7.77. The number of halogens is 3. The van der Waals surface area contributed by atoms with E-state index in [0.717, 1.165) is 5.56 Å². The highest BCUT2D eigenvalue weighted by Gasteiger charge is 2.14. The largest absolute Gasteiger partial charge is 0.380 e. The minimum atomic E-state index is -0.308. The molecule has 0 radical (unpaired) electrons. The van der Waals surface area contributed by atoms with E-state index in [1.165, 1.54) is 7.11 Å². The van der Waals surface area contributed by atoms with Gasteiger partial charge in [-0.3, -0.25) is 4.79 Å². The average molecular weight is 394 g/mol. The molecular formula is C15H19Cl3N4O2. The number of rotatable bonds is 7. The molecule has 0 saturated heterocycles. The van der Waals surface area contributed by atoms with E-state index in [1.807, 2.05) is 6.07 Å². The van der Waals surface area contributed by atoms with Crippen molar-refractivity contribution in [2.75, 3.05) is 19.0 Å². The molecule has 6 nitrogen and oxygen atoms in total. The van der Waals surface area contributed by atoms with Crippen molar-refractivity contribution in [1.82, 2.24) is 9.78 Å². The van der Waals surface area contributed by atoms with Crippen LogP contribution in [0.5, 0.6) is 0 Å². The highest BCUT2D eigenvalue weighted by Crippen LogP contribution is 2.22. The molecule has 3 N–H and O–H groups in total. The fourth-order valence-corrected chi connectivity index (χ4v) is 2.51. The second-order valence-corrected chi connectivity index (χ2v) is 5.80. The van der Waals surface area contributed by atoms with Crippen LogP contribution in [-0.4, -0.2) is 35.4 Å². The van der Waals surface area contributed by atoms with E-state index >= 15 is 0 Å². The maximum absolute atomic E-state index is 12.0. The van der Waals surface area contributed by atoms with Crippen LogP contribution < -0.4 is 11.1 Å². The van der Waals surface area contributed by atoms with Crippen LogP contribution in [0.4, 0.5) is 5.82 Å². The molecular weight excluding hydrogens is 375 g/mol. The summed E-state index contributed by atoms with van der Waals surface area (Å²) in [4.78, 5) is 12.0. The number of nitrogens with zero attached hydrogens (tertiary/aromatic N) is 2. The van der Waals surface area contributed by atoms with Crippen molar-refractivity contribution in [3.63, 3.8) is 0 Å². The number of benzene rings is 1. The van der Waals surface area contributed by atoms with E-state index in [1.54, 1.807) is 29.1 Å². The third kappa shape index (κ3) is 5.65. The fraction of sp³-hybridized carbons (Fsp3) is 0.333. The van der Waals surface area contributed by atoms with Gasteiger partial charge in [0, 0.05) is 29.8 Å². The molecule has 2 aromatic rings. The second kappa shape index (κ2) is 9.86. The summed E-state index contributed by atoms with van der Waals surface area (Å²) in [5.74, 6) is 0.388. The number of ether oxygens (including phenoxy) is 1. The number of nitrogens with one attached hydrogen (secondary N) is 1. The van der Waals surface area contributed by atoms with Crippen molar-refractivity contribution >= 4 is 47.3 Å². The molecule has 132 valence electrons. The predicted octanol–water partition coefficient (Wildman–Crippen LogP) is 2.96. The molecule has 0 aliphatic rings. The number of carbonyl (C=O) groups excluding carboxylic acids is 1. The molecule has 0 saturated carbocycles. The van der Waals surface area contributed by atoms with Crippen LogP contribution in [0.15, 0.2) is 30.5 Å². The number of hydrogen-bond donors (Lipinski definition) is 2. The minimum absolute atomic E-state index is 0. The smallest absolute Gasteiger partial charge is 0.228 e. The second-order valence-electron chi connectivity index (χ2n) is 4.96. The van der Waals surface area contributed by atoms with E-state index < -0.39 is 0 Å². The van der Waals surface area contributed by atoms with Crippen molar-refractivity contribution in [2.45, 2.75) is 19.1 Å². The van der Waals surface area contributed by atoms with Crippen LogP contribution in [0.25, 0.3) is 0 Å². The molecule has 0 fully saturated rings. The summed E-state index contributed by atoms with van der Waals surface area (Å²) in [6.07, 6.45) is 1.48. The number of nitrogens with two attached hydrogens (primary N) is 1. The molecule has 0 spiro atoms. The molecule has 0 aliphatic heterocycles. The van der Waals surface area contributed by atoms with Gasteiger partial charge >= 0.3 is 0 Å². The van der Waals surface area contributed by atoms with E-state index in [-0.39, 0.29) is 37.4 Å². The lowest BCUT2D eigenvalue weighted by molar-refractivity contribution is -0.118. The summed E-state index contributed by atoms with van der Waals surface area (Å²) in [5.41, 5.74) is 6.37. The molecule has 1 amide bonds. The molecule has 24 heavy (non-hydrogen) atoms. The van der Waals surface area contributed by atoms with Crippen molar-refractivity contribution < 1.29 is 9.53 Å². The van der Waals surface area contributed by atoms with Crippen molar-refractivity contribution in [3.8, 4) is 0 Å². The number of aromatic nitrogens is 2. The van der Waals surface area contributed by atoms with Gasteiger partial charge in [-0.15, -0.1) is 12.4 Å². The van der Waals surface area contributed by atoms with Crippen molar-refractivity contribution in [3.05, 3.63) is 46.1 Å². The van der Waals surface area contributed by atoms with E-state index in [2.05, 4.69) is 10.4 Å². The van der Waals surface area contributed by atoms with Gasteiger partial charge in [-0.2, -0.15) is 5.10 Å². The summed E-state index contributed by atoms with van der Waals surface area (Å²) in [7, 11) is 1.53. The zero-order valence-electron chi connectivity index (χ0n) is 13.0. The lowest BCUT2D eigenvalue weighted by Crippen LogP contribution is -2.28. The molecule has 0 aliphatic carbocycles. The number of amides is 1. The quantitative estimate of drug-likeness (QED) is 0.757. The highest BCUT2D eigenvalue weighted by molar-refractivity contribution is 6.35. The summed E-state index contributed by atoms with van der Waals surface area (Å²) in [6, 6.07) is 6.97. The third-order valence-electron chi connectivity index (χ3n) is 3.33. The summed E-state index contributed by atoms with van der Waals surface area (Å²) in [6.45, 7) is 0.701. The standard InChI is InChI=1S/C15H18Cl2N4O2.ClH/c1-23-12(8-18)7-15(22)20-14-4-5-19-21(14)9-10-2-3-11(16)6-13(10)17;/h2-6,12H,7-9,18H2,1H3,(H,20,22);1H. The third-order valence-corrected chi connectivity index (χ3v) is 3.92. The molecule has 1 aromatic carbocycles. The molecule has 1 unspecified atom stereocenters. The Bertz CT molecular complexity index is 674. The number of methoxy groups -OCH3 is 1. The van der Waals surface area contributed by atoms with Gasteiger partial charge in [0.2, 0.25) is 5.91 Å². The first-order valence-electron chi connectivity index (χ1n) is 7.02. The predicted molar refractivity (Wildman–Crippen MR) is 98.1 cm³/mol. The Morgan fingerprint density at radius 1 is 1.42 bits per heavy atom. The van der Waals surface area contributed by atoms with Crippen LogP contribution >= 0.6 is 35.6 Å². The Balaban J connectivity index is 0.00000288. The molecule has 0 bridgehead atoms. The Morgan fingerprint density at radius 3 is 2.79 bits per heavy atom. The Kier molecular flexibility index (Phi) is 8.52. The minimum Gasteiger partial charge on any atom is -0.380 e. The Labute approximate surface area is 156 Å². The van der Waals surface area contributed by atoms with Gasteiger partial charge in [-0.25, -0.2) is 4.68 Å². The summed E-state index contributed by atoms with van der Waals surface area (Å²) >= 11 is 12.1. The highest BCUT2D eigenvalue weighted by atomic mass is 35.5. The topological polar surface area (TPSA) is 82.2 Å². The fourth-order valence-electron chi connectivity index (χ4n) is 2.04. The van der Waals surface area contributed by atoms with Gasteiger partial charge in [0.05, 0.1) is 25.3 Å². The summed E-state index contributed by atoms with van der Waals surface area (Å²) < 4.78 is 6.75. The normalized spacial score (nSPS) is 11.7. The number of hydrogen-bond acceptors (Lipinski definition) is 4. The number of carbonyl (C=O) groups is 1. The Morgan fingerprint density at radius 2 is 2.17 bits per heavy atom. The van der Waals surface area contributed by atoms with Crippen LogP contribution in [0, 0.1) is 0 Å². The Hall–Kier alpha value is -1.31. The lowest BCUT2D eigenvalue weighted by Gasteiger charge is -2.14. The van der Waals surface area contributed by atoms with Crippen LogP contribution in [0.2, 0.25) is 10.0 Å². The van der Waals surface area contributed by atoms with Crippen molar-refractivity contribution in [2.24, 2.45) is 5.73 Å². The molecule has 1 aromatic heterocycles. The number of anilines is 1. The van der Waals surface area contributed by atoms with E-state index in [0.29, 0.717) is 22.4 Å². The first kappa shape index (κ1) is 20.7. The van der Waals surface area contributed by atoms with Gasteiger partial charge < -0.3 is 15.8 Å². The van der Waals surface area contributed by atoms with E-state index in [9.17, 15) is 4.79 Å². The SMILES string of the molecule is COC(CN)CC(=O)Nc1ccnn1Cc1ccc(Cl)cc1Cl.Cl. The molecule has 2 rings (SSSR count).